The summed E-state index contributed by atoms with van der Waals surface area (Å²) in [4.78, 5) is 24.7. The Kier molecular flexibility index (Phi) is 4.46. The molecule has 0 aromatic carbocycles. The van der Waals surface area contributed by atoms with Crippen LogP contribution in [0.15, 0.2) is 23.4 Å². The van der Waals surface area contributed by atoms with Crippen molar-refractivity contribution in [3.8, 4) is 0 Å². The Morgan fingerprint density at radius 3 is 2.68 bits per heavy atom. The van der Waals surface area contributed by atoms with E-state index in [1.807, 2.05) is 29.5 Å². The number of aryl methyl sites for hydroxylation is 1. The molecule has 2 aromatic heterocycles. The molecule has 0 aliphatic carbocycles. The third-order valence-corrected chi connectivity index (χ3v) is 3.33. The molecule has 2 rings (SSSR count). The Bertz CT molecular complexity index is 623. The lowest BCUT2D eigenvalue weighted by Crippen LogP contribution is -2.26. The van der Waals surface area contributed by atoms with Gasteiger partial charge in [-0.1, -0.05) is 0 Å². The molecule has 0 fully saturated rings. The van der Waals surface area contributed by atoms with Crippen molar-refractivity contribution in [3.05, 3.63) is 44.0 Å². The van der Waals surface area contributed by atoms with Crippen molar-refractivity contribution in [1.29, 1.82) is 0 Å². The van der Waals surface area contributed by atoms with Crippen LogP contribution in [-0.2, 0) is 6.54 Å². The zero-order valence-corrected chi connectivity index (χ0v) is 12.9. The van der Waals surface area contributed by atoms with Gasteiger partial charge in [0.2, 0.25) is 0 Å². The van der Waals surface area contributed by atoms with Crippen molar-refractivity contribution >= 4 is 28.4 Å². The van der Waals surface area contributed by atoms with Crippen molar-refractivity contribution in [2.75, 3.05) is 11.9 Å². The molecule has 0 saturated heterocycles. The molecule has 2 heterocycles. The first-order valence-corrected chi connectivity index (χ1v) is 6.96. The minimum atomic E-state index is -0.0503. The summed E-state index contributed by atoms with van der Waals surface area (Å²) >= 11 is 1.98. The average Bonchev–Trinajstić information content (AvgIpc) is 2.41. The number of hydrogen-bond acceptors (Lipinski definition) is 5. The van der Waals surface area contributed by atoms with E-state index in [1.54, 1.807) is 30.1 Å². The Balaban J connectivity index is 2.26. The summed E-state index contributed by atoms with van der Waals surface area (Å²) in [5.41, 5.74) is 0.682. The second kappa shape index (κ2) is 6.09. The monoisotopic (exact) mass is 371 g/mol. The zero-order chi connectivity index (χ0) is 13.8. The molecular weight excluding hydrogens is 357 g/mol. The van der Waals surface area contributed by atoms with Crippen LogP contribution in [-0.4, -0.2) is 26.1 Å². The molecule has 19 heavy (non-hydrogen) atoms. The maximum Gasteiger partial charge on any atom is 0.267 e. The third-order valence-electron chi connectivity index (χ3n) is 2.59. The van der Waals surface area contributed by atoms with Gasteiger partial charge in [0.15, 0.2) is 0 Å². The number of anilines is 1. The second-order valence-electron chi connectivity index (χ2n) is 3.97. The number of hydrogen-bond donors (Lipinski definition) is 1. The summed E-state index contributed by atoms with van der Waals surface area (Å²) < 4.78 is 2.19. The predicted octanol–water partition coefficient (Wildman–Crippen LogP) is 1.43. The Morgan fingerprint density at radius 1 is 1.26 bits per heavy atom. The third kappa shape index (κ3) is 3.28. The molecule has 0 spiro atoms. The molecule has 0 unspecified atom stereocenters. The lowest BCUT2D eigenvalue weighted by Gasteiger charge is -2.09. The molecular formula is C12H14IN5O. The van der Waals surface area contributed by atoms with E-state index in [0.717, 1.165) is 18.1 Å². The first-order valence-electron chi connectivity index (χ1n) is 5.88. The van der Waals surface area contributed by atoms with Gasteiger partial charge < -0.3 is 5.32 Å². The molecule has 0 amide bonds. The van der Waals surface area contributed by atoms with Crippen molar-refractivity contribution in [1.82, 2.24) is 19.5 Å². The Labute approximate surface area is 124 Å². The van der Waals surface area contributed by atoms with Crippen molar-refractivity contribution in [2.45, 2.75) is 20.4 Å². The average molecular weight is 371 g/mol. The highest BCUT2D eigenvalue weighted by Crippen LogP contribution is 2.04. The van der Waals surface area contributed by atoms with Crippen LogP contribution in [0.2, 0.25) is 0 Å². The molecule has 2 aromatic rings. The van der Waals surface area contributed by atoms with Crippen LogP contribution < -0.4 is 10.9 Å². The highest BCUT2D eigenvalue weighted by atomic mass is 127. The van der Waals surface area contributed by atoms with Gasteiger partial charge >= 0.3 is 0 Å². The number of nitrogens with zero attached hydrogens (tertiary/aromatic N) is 4. The fraction of sp³-hybridized carbons (Fsp3) is 0.333. The summed E-state index contributed by atoms with van der Waals surface area (Å²) in [6.07, 6.45) is 4.92. The first kappa shape index (κ1) is 13.9. The Hall–Kier alpha value is -1.51. The molecule has 0 aliphatic rings. The summed E-state index contributed by atoms with van der Waals surface area (Å²) in [6, 6.07) is 0. The lowest BCUT2D eigenvalue weighted by atomic mass is 10.4. The van der Waals surface area contributed by atoms with E-state index in [4.69, 9.17) is 0 Å². The topological polar surface area (TPSA) is 72.7 Å². The normalized spacial score (nSPS) is 10.5. The van der Waals surface area contributed by atoms with E-state index in [9.17, 15) is 4.79 Å². The van der Waals surface area contributed by atoms with Gasteiger partial charge in [-0.15, -0.1) is 0 Å². The van der Waals surface area contributed by atoms with Crippen LogP contribution in [0.5, 0.6) is 0 Å². The maximum absolute atomic E-state index is 12.0. The maximum atomic E-state index is 12.0. The first-order chi connectivity index (χ1) is 9.11. The number of nitrogens with one attached hydrogen (secondary N) is 1. The molecule has 100 valence electrons. The summed E-state index contributed by atoms with van der Waals surface area (Å²) in [6.45, 7) is 4.98. The van der Waals surface area contributed by atoms with E-state index >= 15 is 0 Å². The van der Waals surface area contributed by atoms with E-state index in [2.05, 4.69) is 20.3 Å². The highest BCUT2D eigenvalue weighted by Gasteiger charge is 2.07. The molecule has 0 saturated carbocycles. The van der Waals surface area contributed by atoms with Crippen LogP contribution in [0.25, 0.3) is 0 Å². The van der Waals surface area contributed by atoms with Crippen molar-refractivity contribution < 1.29 is 0 Å². The smallest absolute Gasteiger partial charge is 0.267 e. The van der Waals surface area contributed by atoms with Crippen LogP contribution in [0, 0.1) is 10.5 Å². The molecule has 0 radical (unpaired) electrons. The molecule has 0 bridgehead atoms. The van der Waals surface area contributed by atoms with E-state index in [0.29, 0.717) is 15.9 Å². The summed E-state index contributed by atoms with van der Waals surface area (Å²) in [7, 11) is 0. The van der Waals surface area contributed by atoms with Crippen LogP contribution in [0.3, 0.4) is 0 Å². The van der Waals surface area contributed by atoms with Crippen molar-refractivity contribution in [3.63, 3.8) is 0 Å². The number of halogens is 1. The Morgan fingerprint density at radius 2 is 2.05 bits per heavy atom. The minimum Gasteiger partial charge on any atom is -0.369 e. The van der Waals surface area contributed by atoms with Gasteiger partial charge in [0, 0.05) is 12.7 Å². The minimum absolute atomic E-state index is 0.0503. The molecule has 1 N–H and O–H groups in total. The van der Waals surface area contributed by atoms with Gasteiger partial charge in [-0.3, -0.25) is 14.3 Å². The SMILES string of the molecule is CCNc1cnc(Cn2c(C)ncc(I)c2=O)cn1. The largest absolute Gasteiger partial charge is 0.369 e. The number of aromatic nitrogens is 4. The van der Waals surface area contributed by atoms with Gasteiger partial charge in [0.05, 0.1) is 28.2 Å². The second-order valence-corrected chi connectivity index (χ2v) is 5.13. The van der Waals surface area contributed by atoms with E-state index in [1.165, 1.54) is 0 Å². The zero-order valence-electron chi connectivity index (χ0n) is 10.7. The van der Waals surface area contributed by atoms with Crippen LogP contribution in [0.1, 0.15) is 18.4 Å². The van der Waals surface area contributed by atoms with Crippen LogP contribution in [0.4, 0.5) is 5.82 Å². The highest BCUT2D eigenvalue weighted by molar-refractivity contribution is 14.1. The van der Waals surface area contributed by atoms with Gasteiger partial charge in [0.25, 0.3) is 5.56 Å². The molecule has 6 nitrogen and oxygen atoms in total. The summed E-state index contributed by atoms with van der Waals surface area (Å²) in [5.74, 6) is 1.40. The quantitative estimate of drug-likeness (QED) is 0.824. The van der Waals surface area contributed by atoms with Gasteiger partial charge in [-0.25, -0.2) is 9.97 Å². The van der Waals surface area contributed by atoms with Gasteiger partial charge in [0.1, 0.15) is 11.6 Å². The number of rotatable bonds is 4. The summed E-state index contributed by atoms with van der Waals surface area (Å²) in [5, 5.41) is 3.07. The standard InChI is InChI=1S/C12H14IN5O/c1-3-14-11-6-16-9(4-17-11)7-18-8(2)15-5-10(13)12(18)19/h4-6H,3,7H2,1-2H3,(H,14,17). The lowest BCUT2D eigenvalue weighted by molar-refractivity contribution is 0.678. The fourth-order valence-corrected chi connectivity index (χ4v) is 2.04. The molecule has 0 aliphatic heterocycles. The van der Waals surface area contributed by atoms with E-state index in [-0.39, 0.29) is 5.56 Å². The van der Waals surface area contributed by atoms with Crippen LogP contribution >= 0.6 is 22.6 Å². The molecule has 7 heteroatoms. The molecule has 0 atom stereocenters. The fourth-order valence-electron chi connectivity index (χ4n) is 1.61. The van der Waals surface area contributed by atoms with E-state index < -0.39 is 0 Å². The predicted molar refractivity (Wildman–Crippen MR) is 81.2 cm³/mol. The van der Waals surface area contributed by atoms with Gasteiger partial charge in [-0.05, 0) is 36.4 Å². The van der Waals surface area contributed by atoms with Gasteiger partial charge in [-0.2, -0.15) is 0 Å². The van der Waals surface area contributed by atoms with Crippen molar-refractivity contribution in [2.24, 2.45) is 0 Å².